The van der Waals surface area contributed by atoms with Gasteiger partial charge in [0.05, 0.1) is 3.79 Å². The van der Waals surface area contributed by atoms with Crippen LogP contribution in [0, 0.1) is 0 Å². The Hall–Kier alpha value is -0.640. The molecule has 1 heterocycles. The molecule has 3 heteroatoms. The van der Waals surface area contributed by atoms with E-state index in [1.54, 1.807) is 0 Å². The summed E-state index contributed by atoms with van der Waals surface area (Å²) in [6.07, 6.45) is 2.33. The predicted octanol–water partition coefficient (Wildman–Crippen LogP) is 4.62. The third-order valence-corrected chi connectivity index (χ3v) is 4.63. The van der Waals surface area contributed by atoms with Crippen LogP contribution in [0.2, 0.25) is 0 Å². The second kappa shape index (κ2) is 7.07. The van der Waals surface area contributed by atoms with E-state index in [0.717, 1.165) is 13.0 Å². The Kier molecular flexibility index (Phi) is 5.42. The summed E-state index contributed by atoms with van der Waals surface area (Å²) < 4.78 is 1.22. The number of rotatable bonds is 6. The molecule has 18 heavy (non-hydrogen) atoms. The van der Waals surface area contributed by atoms with Crippen LogP contribution in [0.3, 0.4) is 0 Å². The van der Waals surface area contributed by atoms with Gasteiger partial charge in [-0.3, -0.25) is 0 Å². The molecule has 1 unspecified atom stereocenters. The number of hydrogen-bond acceptors (Lipinski definition) is 2. The molecule has 2 rings (SSSR count). The monoisotopic (exact) mass is 323 g/mol. The lowest BCUT2D eigenvalue weighted by Crippen LogP contribution is -2.25. The molecule has 0 aliphatic rings. The summed E-state index contributed by atoms with van der Waals surface area (Å²) in [5.74, 6) is 0. The Labute approximate surface area is 121 Å². The van der Waals surface area contributed by atoms with E-state index in [9.17, 15) is 0 Å². The number of halogens is 1. The average Bonchev–Trinajstić information content (AvgIpc) is 2.81. The van der Waals surface area contributed by atoms with E-state index in [4.69, 9.17) is 0 Å². The molecule has 1 nitrogen and oxygen atoms in total. The summed E-state index contributed by atoms with van der Waals surface area (Å²) in [5, 5.41) is 3.57. The van der Waals surface area contributed by atoms with E-state index in [0.29, 0.717) is 6.04 Å². The van der Waals surface area contributed by atoms with Crippen molar-refractivity contribution in [2.75, 3.05) is 0 Å². The predicted molar refractivity (Wildman–Crippen MR) is 83.1 cm³/mol. The normalized spacial score (nSPS) is 12.6. The highest BCUT2D eigenvalue weighted by atomic mass is 79.9. The Bertz CT molecular complexity index is 466. The standard InChI is InChI=1S/C15H18BrNS/c1-12(7-8-14-9-10-15(16)18-14)17-11-13-5-3-2-4-6-13/h2-6,9-10,12,17H,7-8,11H2,1H3. The zero-order chi connectivity index (χ0) is 12.8. The molecule has 0 spiro atoms. The van der Waals surface area contributed by atoms with Crippen LogP contribution in [0.15, 0.2) is 46.3 Å². The number of hydrogen-bond donors (Lipinski definition) is 1. The van der Waals surface area contributed by atoms with E-state index in [2.05, 4.69) is 70.6 Å². The van der Waals surface area contributed by atoms with E-state index in [1.165, 1.54) is 20.6 Å². The molecular formula is C15H18BrNS. The second-order valence-electron chi connectivity index (χ2n) is 4.51. The fraction of sp³-hybridized carbons (Fsp3) is 0.333. The Balaban J connectivity index is 1.71. The fourth-order valence-electron chi connectivity index (χ4n) is 1.83. The maximum atomic E-state index is 3.57. The van der Waals surface area contributed by atoms with Gasteiger partial charge in [0.1, 0.15) is 0 Å². The molecule has 2 aromatic rings. The molecule has 0 saturated carbocycles. The summed E-state index contributed by atoms with van der Waals surface area (Å²) in [5.41, 5.74) is 1.35. The molecule has 0 saturated heterocycles. The molecule has 1 N–H and O–H groups in total. The third-order valence-electron chi connectivity index (χ3n) is 2.95. The zero-order valence-corrected chi connectivity index (χ0v) is 12.9. The van der Waals surface area contributed by atoms with Gasteiger partial charge < -0.3 is 5.32 Å². The minimum Gasteiger partial charge on any atom is -0.310 e. The van der Waals surface area contributed by atoms with Gasteiger partial charge in [-0.15, -0.1) is 11.3 Å². The van der Waals surface area contributed by atoms with Crippen LogP contribution in [0.25, 0.3) is 0 Å². The van der Waals surface area contributed by atoms with Gasteiger partial charge in [-0.25, -0.2) is 0 Å². The van der Waals surface area contributed by atoms with Crippen molar-refractivity contribution in [3.8, 4) is 0 Å². The van der Waals surface area contributed by atoms with Crippen molar-refractivity contribution in [3.63, 3.8) is 0 Å². The van der Waals surface area contributed by atoms with Gasteiger partial charge in [0.15, 0.2) is 0 Å². The van der Waals surface area contributed by atoms with Gasteiger partial charge in [-0.05, 0) is 53.4 Å². The summed E-state index contributed by atoms with van der Waals surface area (Å²) in [7, 11) is 0. The maximum Gasteiger partial charge on any atom is 0.0701 e. The summed E-state index contributed by atoms with van der Waals surface area (Å²) >= 11 is 5.34. The quantitative estimate of drug-likeness (QED) is 0.817. The first kappa shape index (κ1) is 13.8. The number of aryl methyl sites for hydroxylation is 1. The molecule has 96 valence electrons. The summed E-state index contributed by atoms with van der Waals surface area (Å²) in [6.45, 7) is 3.21. The molecule has 0 amide bonds. The first-order valence-corrected chi connectivity index (χ1v) is 7.86. The minimum atomic E-state index is 0.547. The SMILES string of the molecule is CC(CCc1ccc(Br)s1)NCc1ccccc1. The van der Waals surface area contributed by atoms with Gasteiger partial charge in [-0.1, -0.05) is 30.3 Å². The average molecular weight is 324 g/mol. The number of nitrogens with one attached hydrogen (secondary N) is 1. The first-order valence-electron chi connectivity index (χ1n) is 6.25. The van der Waals surface area contributed by atoms with Crippen LogP contribution in [0.5, 0.6) is 0 Å². The van der Waals surface area contributed by atoms with Gasteiger partial charge in [0.2, 0.25) is 0 Å². The lowest BCUT2D eigenvalue weighted by atomic mass is 10.1. The van der Waals surface area contributed by atoms with Crippen LogP contribution in [0.4, 0.5) is 0 Å². The number of benzene rings is 1. The van der Waals surface area contributed by atoms with Crippen LogP contribution in [-0.2, 0) is 13.0 Å². The lowest BCUT2D eigenvalue weighted by molar-refractivity contribution is 0.515. The summed E-state index contributed by atoms with van der Waals surface area (Å²) in [4.78, 5) is 1.45. The first-order chi connectivity index (χ1) is 8.74. The van der Waals surface area contributed by atoms with Crippen molar-refractivity contribution in [2.24, 2.45) is 0 Å². The summed E-state index contributed by atoms with van der Waals surface area (Å²) in [6, 6.07) is 15.4. The minimum absolute atomic E-state index is 0.547. The lowest BCUT2D eigenvalue weighted by Gasteiger charge is -2.13. The fourth-order valence-corrected chi connectivity index (χ4v) is 3.33. The highest BCUT2D eigenvalue weighted by Gasteiger charge is 2.04. The molecule has 0 aliphatic heterocycles. The van der Waals surface area contributed by atoms with Crippen molar-refractivity contribution in [2.45, 2.75) is 32.4 Å². The van der Waals surface area contributed by atoms with Crippen LogP contribution in [0.1, 0.15) is 23.8 Å². The molecule has 1 atom stereocenters. The highest BCUT2D eigenvalue weighted by Crippen LogP contribution is 2.23. The van der Waals surface area contributed by atoms with Gasteiger partial charge in [0.25, 0.3) is 0 Å². The zero-order valence-electron chi connectivity index (χ0n) is 10.5. The molecule has 1 aromatic heterocycles. The van der Waals surface area contributed by atoms with E-state index in [-0.39, 0.29) is 0 Å². The third kappa shape index (κ3) is 4.56. The van der Waals surface area contributed by atoms with E-state index >= 15 is 0 Å². The van der Waals surface area contributed by atoms with Crippen molar-refractivity contribution >= 4 is 27.3 Å². The second-order valence-corrected chi connectivity index (χ2v) is 7.06. The smallest absolute Gasteiger partial charge is 0.0701 e. The van der Waals surface area contributed by atoms with Gasteiger partial charge in [0, 0.05) is 17.5 Å². The number of thiophene rings is 1. The Morgan fingerprint density at radius 1 is 1.17 bits per heavy atom. The Morgan fingerprint density at radius 2 is 1.94 bits per heavy atom. The Morgan fingerprint density at radius 3 is 2.61 bits per heavy atom. The van der Waals surface area contributed by atoms with Crippen LogP contribution >= 0.6 is 27.3 Å². The van der Waals surface area contributed by atoms with Gasteiger partial charge in [-0.2, -0.15) is 0 Å². The molecule has 0 aliphatic carbocycles. The van der Waals surface area contributed by atoms with Crippen molar-refractivity contribution < 1.29 is 0 Å². The van der Waals surface area contributed by atoms with E-state index in [1.807, 2.05) is 11.3 Å². The van der Waals surface area contributed by atoms with E-state index < -0.39 is 0 Å². The molecule has 0 radical (unpaired) electrons. The topological polar surface area (TPSA) is 12.0 Å². The van der Waals surface area contributed by atoms with Crippen molar-refractivity contribution in [1.29, 1.82) is 0 Å². The van der Waals surface area contributed by atoms with Crippen molar-refractivity contribution in [3.05, 3.63) is 56.7 Å². The van der Waals surface area contributed by atoms with Crippen molar-refractivity contribution in [1.82, 2.24) is 5.32 Å². The highest BCUT2D eigenvalue weighted by molar-refractivity contribution is 9.11. The van der Waals surface area contributed by atoms with Gasteiger partial charge >= 0.3 is 0 Å². The largest absolute Gasteiger partial charge is 0.310 e. The molecule has 1 aromatic carbocycles. The molecule has 0 bridgehead atoms. The molecule has 0 fully saturated rings. The van der Waals surface area contributed by atoms with Crippen LogP contribution in [-0.4, -0.2) is 6.04 Å². The maximum absolute atomic E-state index is 3.57. The molecular weight excluding hydrogens is 306 g/mol. The van der Waals surface area contributed by atoms with Crippen LogP contribution < -0.4 is 5.32 Å².